The molecule has 1 unspecified atom stereocenters. The molecule has 1 aliphatic heterocycles. The number of carbonyl (C=O) groups excluding carboxylic acids is 1. The van der Waals surface area contributed by atoms with Gasteiger partial charge in [0.05, 0.1) is 11.8 Å². The molecule has 2 aromatic rings. The van der Waals surface area contributed by atoms with Crippen molar-refractivity contribution in [2.24, 2.45) is 0 Å². The second kappa shape index (κ2) is 8.81. The molecule has 8 heteroatoms. The molecule has 1 aliphatic rings. The van der Waals surface area contributed by atoms with Crippen molar-refractivity contribution in [1.29, 1.82) is 0 Å². The summed E-state index contributed by atoms with van der Waals surface area (Å²) in [7, 11) is -3.39. The van der Waals surface area contributed by atoms with E-state index < -0.39 is 21.9 Å². The van der Waals surface area contributed by atoms with Gasteiger partial charge in [-0.2, -0.15) is 4.31 Å². The third-order valence-corrected chi connectivity index (χ3v) is 6.73. The van der Waals surface area contributed by atoms with Crippen LogP contribution >= 0.6 is 0 Å². The van der Waals surface area contributed by atoms with Crippen LogP contribution < -0.4 is 5.32 Å². The number of sulfonamides is 1. The number of amides is 1. The Kier molecular flexibility index (Phi) is 6.43. The first-order valence-electron chi connectivity index (χ1n) is 9.17. The number of anilines is 1. The molecule has 1 heterocycles. The molecule has 0 bridgehead atoms. The first-order valence-corrected chi connectivity index (χ1v) is 10.8. The molecule has 3 rings (SSSR count). The lowest BCUT2D eigenvalue weighted by Crippen LogP contribution is -2.54. The van der Waals surface area contributed by atoms with Gasteiger partial charge in [0.15, 0.2) is 0 Å². The molecule has 0 aromatic heterocycles. The first kappa shape index (κ1) is 20.4. The summed E-state index contributed by atoms with van der Waals surface area (Å²) in [4.78, 5) is 14.4. The summed E-state index contributed by atoms with van der Waals surface area (Å²) in [5.41, 5.74) is 1.16. The summed E-state index contributed by atoms with van der Waals surface area (Å²) >= 11 is 0. The highest BCUT2D eigenvalue weighted by atomic mass is 32.2. The molecule has 28 heavy (non-hydrogen) atoms. The Bertz CT molecular complexity index is 913. The zero-order valence-electron chi connectivity index (χ0n) is 15.7. The Hall–Kier alpha value is -2.29. The van der Waals surface area contributed by atoms with E-state index in [9.17, 15) is 17.6 Å². The Balaban J connectivity index is 1.54. The average Bonchev–Trinajstić information content (AvgIpc) is 2.68. The minimum Gasteiger partial charge on any atom is -0.325 e. The second-order valence-electron chi connectivity index (χ2n) is 6.85. The van der Waals surface area contributed by atoms with Gasteiger partial charge in [0.25, 0.3) is 0 Å². The van der Waals surface area contributed by atoms with Gasteiger partial charge in [0, 0.05) is 31.9 Å². The van der Waals surface area contributed by atoms with Crippen LogP contribution in [0.15, 0.2) is 54.6 Å². The smallest absolute Gasteiger partial charge is 0.241 e. The van der Waals surface area contributed by atoms with Crippen molar-refractivity contribution >= 4 is 21.6 Å². The molecule has 0 radical (unpaired) electrons. The van der Waals surface area contributed by atoms with Crippen molar-refractivity contribution < 1.29 is 17.6 Å². The summed E-state index contributed by atoms with van der Waals surface area (Å²) in [6.07, 6.45) is 0. The molecule has 1 fully saturated rings. The molecular weight excluding hydrogens is 381 g/mol. The van der Waals surface area contributed by atoms with Gasteiger partial charge in [-0.05, 0) is 30.7 Å². The van der Waals surface area contributed by atoms with Crippen molar-refractivity contribution in [3.8, 4) is 0 Å². The highest BCUT2D eigenvalue weighted by Gasteiger charge is 2.30. The number of hydrogen-bond donors (Lipinski definition) is 1. The van der Waals surface area contributed by atoms with Crippen molar-refractivity contribution in [3.05, 3.63) is 66.0 Å². The van der Waals surface area contributed by atoms with Gasteiger partial charge in [0.2, 0.25) is 15.9 Å². The molecule has 1 saturated heterocycles. The maximum atomic E-state index is 13.3. The number of nitrogens with one attached hydrogen (secondary N) is 1. The fraction of sp³-hybridized carbons (Fsp3) is 0.350. The number of benzene rings is 2. The zero-order chi connectivity index (χ0) is 20.1. The van der Waals surface area contributed by atoms with Crippen molar-refractivity contribution in [3.63, 3.8) is 0 Å². The maximum absolute atomic E-state index is 13.3. The van der Waals surface area contributed by atoms with Crippen LogP contribution in [-0.2, 0) is 20.6 Å². The van der Waals surface area contributed by atoms with E-state index in [1.807, 2.05) is 23.1 Å². The number of carbonyl (C=O) groups is 1. The molecular formula is C20H24FN3O3S. The Morgan fingerprint density at radius 3 is 2.39 bits per heavy atom. The van der Waals surface area contributed by atoms with Crippen LogP contribution in [0.5, 0.6) is 0 Å². The number of piperazine rings is 1. The van der Waals surface area contributed by atoms with Gasteiger partial charge in [-0.15, -0.1) is 0 Å². The van der Waals surface area contributed by atoms with Gasteiger partial charge in [-0.3, -0.25) is 9.69 Å². The molecule has 150 valence electrons. The fourth-order valence-corrected chi connectivity index (χ4v) is 4.74. The van der Waals surface area contributed by atoms with Crippen molar-refractivity contribution in [1.82, 2.24) is 9.21 Å². The Labute approximate surface area is 165 Å². The lowest BCUT2D eigenvalue weighted by atomic mass is 10.2. The van der Waals surface area contributed by atoms with Gasteiger partial charge in [-0.1, -0.05) is 36.4 Å². The molecule has 1 amide bonds. The SMILES string of the molecule is CC(C(=O)Nc1cccc(F)c1)N1CCN(S(=O)(=O)Cc2ccccc2)CC1. The van der Waals surface area contributed by atoms with E-state index in [0.29, 0.717) is 31.9 Å². The van der Waals surface area contributed by atoms with Crippen LogP contribution in [0.3, 0.4) is 0 Å². The summed E-state index contributed by atoms with van der Waals surface area (Å²) in [5, 5.41) is 2.70. The number of rotatable bonds is 6. The zero-order valence-corrected chi connectivity index (χ0v) is 16.5. The van der Waals surface area contributed by atoms with Gasteiger partial charge >= 0.3 is 0 Å². The molecule has 1 N–H and O–H groups in total. The summed E-state index contributed by atoms with van der Waals surface area (Å²) in [5.74, 6) is -0.683. The lowest BCUT2D eigenvalue weighted by Gasteiger charge is -2.36. The van der Waals surface area contributed by atoms with E-state index in [1.54, 1.807) is 25.1 Å². The quantitative estimate of drug-likeness (QED) is 0.801. The molecule has 0 saturated carbocycles. The van der Waals surface area contributed by atoms with E-state index in [4.69, 9.17) is 0 Å². The first-order chi connectivity index (χ1) is 13.3. The van der Waals surface area contributed by atoms with E-state index in [1.165, 1.54) is 22.5 Å². The van der Waals surface area contributed by atoms with Crippen molar-refractivity contribution in [2.75, 3.05) is 31.5 Å². The van der Waals surface area contributed by atoms with E-state index in [0.717, 1.165) is 5.56 Å². The average molecular weight is 405 g/mol. The lowest BCUT2D eigenvalue weighted by molar-refractivity contribution is -0.121. The summed E-state index contributed by atoms with van der Waals surface area (Å²) in [6, 6.07) is 14.4. The predicted molar refractivity (Wildman–Crippen MR) is 107 cm³/mol. The van der Waals surface area contributed by atoms with Gasteiger partial charge < -0.3 is 5.32 Å². The second-order valence-corrected chi connectivity index (χ2v) is 8.82. The van der Waals surface area contributed by atoms with Gasteiger partial charge in [-0.25, -0.2) is 12.8 Å². The van der Waals surface area contributed by atoms with Crippen LogP contribution in [0.4, 0.5) is 10.1 Å². The minimum atomic E-state index is -3.39. The van der Waals surface area contributed by atoms with Crippen LogP contribution in [0.25, 0.3) is 0 Å². The van der Waals surface area contributed by atoms with Crippen molar-refractivity contribution in [2.45, 2.75) is 18.7 Å². The molecule has 1 atom stereocenters. The summed E-state index contributed by atoms with van der Waals surface area (Å²) < 4.78 is 40.0. The van der Waals surface area contributed by atoms with Crippen LogP contribution in [0, 0.1) is 5.82 Å². The van der Waals surface area contributed by atoms with E-state index in [2.05, 4.69) is 5.32 Å². The van der Waals surface area contributed by atoms with Crippen LogP contribution in [0.1, 0.15) is 12.5 Å². The number of nitrogens with zero attached hydrogens (tertiary/aromatic N) is 2. The maximum Gasteiger partial charge on any atom is 0.241 e. The topological polar surface area (TPSA) is 69.7 Å². The highest BCUT2D eigenvalue weighted by Crippen LogP contribution is 2.16. The van der Waals surface area contributed by atoms with Crippen LogP contribution in [-0.4, -0.2) is 55.8 Å². The molecule has 2 aromatic carbocycles. The molecule has 6 nitrogen and oxygen atoms in total. The Morgan fingerprint density at radius 2 is 1.75 bits per heavy atom. The highest BCUT2D eigenvalue weighted by molar-refractivity contribution is 7.88. The third-order valence-electron chi connectivity index (χ3n) is 4.88. The minimum absolute atomic E-state index is 0.0244. The third kappa shape index (κ3) is 5.15. The van der Waals surface area contributed by atoms with E-state index >= 15 is 0 Å². The molecule has 0 spiro atoms. The fourth-order valence-electron chi connectivity index (χ4n) is 3.22. The number of hydrogen-bond acceptors (Lipinski definition) is 4. The normalized spacial score (nSPS) is 17.2. The van der Waals surface area contributed by atoms with Crippen LogP contribution in [0.2, 0.25) is 0 Å². The standard InChI is InChI=1S/C20H24FN3O3S/c1-16(20(25)22-19-9-5-8-18(21)14-19)23-10-12-24(13-11-23)28(26,27)15-17-6-3-2-4-7-17/h2-9,14,16H,10-13,15H2,1H3,(H,22,25). The van der Waals surface area contributed by atoms with Gasteiger partial charge in [0.1, 0.15) is 5.82 Å². The number of halogens is 1. The molecule has 0 aliphatic carbocycles. The van der Waals surface area contributed by atoms with E-state index in [-0.39, 0.29) is 11.7 Å². The predicted octanol–water partition coefficient (Wildman–Crippen LogP) is 2.30. The summed E-state index contributed by atoms with van der Waals surface area (Å²) in [6.45, 7) is 3.37. The Morgan fingerprint density at radius 1 is 1.07 bits per heavy atom. The monoisotopic (exact) mass is 405 g/mol. The largest absolute Gasteiger partial charge is 0.325 e.